The first kappa shape index (κ1) is 24.6. The molecule has 0 bridgehead atoms. The van der Waals surface area contributed by atoms with Gasteiger partial charge in [-0.05, 0) is 0 Å². The molecule has 176 valence electrons. The number of aromatic hydroxyl groups is 1. The molecule has 3 rings (SSSR count). The van der Waals surface area contributed by atoms with Gasteiger partial charge in [-0.15, -0.1) is 0 Å². The van der Waals surface area contributed by atoms with Crippen LogP contribution in [0.15, 0.2) is 60.7 Å². The number of hydrogen-bond acceptors (Lipinski definition) is 8. The molecule has 0 aliphatic rings. The van der Waals surface area contributed by atoms with Crippen LogP contribution < -0.4 is 13.4 Å². The zero-order valence-corrected chi connectivity index (χ0v) is 19.3. The summed E-state index contributed by atoms with van der Waals surface area (Å²) >= 11 is -5.96. The topological polar surface area (TPSA) is 128 Å². The van der Waals surface area contributed by atoms with E-state index in [9.17, 15) is 35.2 Å². The minimum atomic E-state index is -5.96. The number of amides is 1. The quantitative estimate of drug-likeness (QED) is 0.340. The van der Waals surface area contributed by atoms with Crippen LogP contribution in [0.2, 0.25) is 0 Å². The van der Waals surface area contributed by atoms with Gasteiger partial charge in [-0.2, -0.15) is 0 Å². The Labute approximate surface area is 188 Å². The molecule has 0 aromatic heterocycles. The van der Waals surface area contributed by atoms with Crippen LogP contribution in [0, 0.1) is 0 Å². The van der Waals surface area contributed by atoms with Gasteiger partial charge in [0.05, 0.1) is 0 Å². The molecule has 0 saturated carbocycles. The molecular formula is C19H15AsF3NO8S. The van der Waals surface area contributed by atoms with Crippen molar-refractivity contribution in [2.45, 2.75) is 13.3 Å². The van der Waals surface area contributed by atoms with Gasteiger partial charge in [0.25, 0.3) is 0 Å². The fourth-order valence-electron chi connectivity index (χ4n) is 2.71. The van der Waals surface area contributed by atoms with E-state index in [0.29, 0.717) is 5.39 Å². The van der Waals surface area contributed by atoms with E-state index in [1.54, 1.807) is 30.3 Å². The molecule has 0 aliphatic carbocycles. The first-order valence-electron chi connectivity index (χ1n) is 8.89. The number of rotatable bonds is 7. The fraction of sp³-hybridized carbons (Fsp3) is 0.105. The molecule has 3 aromatic rings. The fourth-order valence-corrected chi connectivity index (χ4v) is 7.95. The number of alkyl halides is 3. The predicted molar refractivity (Wildman–Crippen MR) is 110 cm³/mol. The first-order chi connectivity index (χ1) is 15.3. The van der Waals surface area contributed by atoms with Crippen molar-refractivity contribution < 1.29 is 46.3 Å². The number of benzene rings is 3. The Kier molecular flexibility index (Phi) is 6.80. The summed E-state index contributed by atoms with van der Waals surface area (Å²) in [6.45, 7) is 1.10. The minimum absolute atomic E-state index is 0.174. The number of nitrogens with one attached hydrogen (secondary N) is 1. The van der Waals surface area contributed by atoms with E-state index in [0.717, 1.165) is 30.5 Å². The summed E-state index contributed by atoms with van der Waals surface area (Å²) < 4.78 is 86.9. The Balaban J connectivity index is 2.09. The zero-order chi connectivity index (χ0) is 24.4. The van der Waals surface area contributed by atoms with E-state index in [1.165, 1.54) is 12.1 Å². The number of halogens is 3. The van der Waals surface area contributed by atoms with E-state index in [-0.39, 0.29) is 11.4 Å². The molecule has 2 N–H and O–H groups in total. The second kappa shape index (κ2) is 9.10. The van der Waals surface area contributed by atoms with Crippen LogP contribution >= 0.6 is 0 Å². The van der Waals surface area contributed by atoms with Crippen LogP contribution in [-0.2, 0) is 26.3 Å². The van der Waals surface area contributed by atoms with Gasteiger partial charge in [0.2, 0.25) is 0 Å². The van der Waals surface area contributed by atoms with Crippen LogP contribution in [-0.4, -0.2) is 40.0 Å². The molecule has 0 radical (unpaired) electrons. The van der Waals surface area contributed by atoms with Crippen molar-refractivity contribution in [3.63, 3.8) is 0 Å². The molecule has 14 heteroatoms. The van der Waals surface area contributed by atoms with E-state index in [4.69, 9.17) is 3.73 Å². The SMILES string of the molecule is CC(=O)Nc1cc([As](=O)(Oc2ccc3ccccc3c2)OS(=O)(=O)OC(F)(F)F)ccc1O. The van der Waals surface area contributed by atoms with E-state index < -0.39 is 46.9 Å². The van der Waals surface area contributed by atoms with Gasteiger partial charge in [-0.3, -0.25) is 0 Å². The second-order valence-electron chi connectivity index (χ2n) is 6.49. The standard InChI is InChI=1S/C19H15AsF3NO8S/c1-12(25)24-17-11-15(7-9-18(17)26)20(27,32-33(28,29)31-19(21,22)23)30-16-8-6-13-4-2-3-5-14(13)10-16/h2-11,26H,1H3,(H,24,25). The average Bonchev–Trinajstić information content (AvgIpc) is 2.66. The van der Waals surface area contributed by atoms with Crippen LogP contribution in [0.25, 0.3) is 10.8 Å². The van der Waals surface area contributed by atoms with Crippen LogP contribution in [0.5, 0.6) is 11.5 Å². The summed E-state index contributed by atoms with van der Waals surface area (Å²) in [6.07, 6.45) is -5.65. The summed E-state index contributed by atoms with van der Waals surface area (Å²) in [5.74, 6) is -1.31. The number of hydrogen-bond donors (Lipinski definition) is 2. The number of phenolic OH excluding ortho intramolecular Hbond substituents is 1. The number of carbonyl (C=O) groups is 1. The van der Waals surface area contributed by atoms with Crippen molar-refractivity contribution in [1.82, 2.24) is 0 Å². The molecule has 0 spiro atoms. The molecule has 0 saturated heterocycles. The Morgan fingerprint density at radius 2 is 1.70 bits per heavy atom. The van der Waals surface area contributed by atoms with Crippen molar-refractivity contribution in [2.24, 2.45) is 0 Å². The Morgan fingerprint density at radius 3 is 2.33 bits per heavy atom. The maximum atomic E-state index is 13.6. The Bertz CT molecular complexity index is 1360. The number of fused-ring (bicyclic) bond motifs is 1. The van der Waals surface area contributed by atoms with Crippen molar-refractivity contribution in [3.05, 3.63) is 60.7 Å². The van der Waals surface area contributed by atoms with Crippen molar-refractivity contribution in [1.29, 1.82) is 0 Å². The van der Waals surface area contributed by atoms with Gasteiger partial charge in [-0.1, -0.05) is 0 Å². The molecule has 9 nitrogen and oxygen atoms in total. The van der Waals surface area contributed by atoms with Crippen molar-refractivity contribution in [3.8, 4) is 11.5 Å². The van der Waals surface area contributed by atoms with Gasteiger partial charge in [0.1, 0.15) is 0 Å². The zero-order valence-electron chi connectivity index (χ0n) is 16.6. The second-order valence-corrected chi connectivity index (χ2v) is 12.1. The van der Waals surface area contributed by atoms with E-state index in [2.05, 4.69) is 12.7 Å². The molecule has 0 heterocycles. The third kappa shape index (κ3) is 6.51. The Hall–Kier alpha value is -2.99. The monoisotopic (exact) mass is 549 g/mol. The number of phenols is 1. The normalized spacial score (nSPS) is 13.9. The average molecular weight is 549 g/mol. The molecule has 1 unspecified atom stereocenters. The summed E-state index contributed by atoms with van der Waals surface area (Å²) in [4.78, 5) is 11.3. The summed E-state index contributed by atoms with van der Waals surface area (Å²) in [6, 6.07) is 13.8. The number of anilines is 1. The first-order valence-corrected chi connectivity index (χ1v) is 13.5. The molecular weight excluding hydrogens is 534 g/mol. The summed E-state index contributed by atoms with van der Waals surface area (Å²) in [5.41, 5.74) is -0.304. The summed E-state index contributed by atoms with van der Waals surface area (Å²) in [5, 5.41) is 13.4. The van der Waals surface area contributed by atoms with Gasteiger partial charge >= 0.3 is 188 Å². The van der Waals surface area contributed by atoms with Crippen molar-refractivity contribution in [2.75, 3.05) is 5.32 Å². The van der Waals surface area contributed by atoms with E-state index in [1.807, 2.05) is 0 Å². The Morgan fingerprint density at radius 1 is 1.03 bits per heavy atom. The predicted octanol–water partition coefficient (Wildman–Crippen LogP) is 2.96. The van der Waals surface area contributed by atoms with Gasteiger partial charge < -0.3 is 0 Å². The van der Waals surface area contributed by atoms with E-state index >= 15 is 0 Å². The molecule has 1 atom stereocenters. The van der Waals surface area contributed by atoms with Crippen LogP contribution in [0.4, 0.5) is 18.9 Å². The van der Waals surface area contributed by atoms with Gasteiger partial charge in [0, 0.05) is 0 Å². The molecule has 0 fully saturated rings. The maximum absolute atomic E-state index is 13.6. The third-order valence-electron chi connectivity index (χ3n) is 3.94. The summed E-state index contributed by atoms with van der Waals surface area (Å²) in [7, 11) is -5.89. The molecule has 1 amide bonds. The third-order valence-corrected chi connectivity index (χ3v) is 9.95. The van der Waals surface area contributed by atoms with Gasteiger partial charge in [-0.25, -0.2) is 0 Å². The number of carbonyl (C=O) groups excluding carboxylic acids is 1. The van der Waals surface area contributed by atoms with Gasteiger partial charge in [0.15, 0.2) is 0 Å². The molecule has 33 heavy (non-hydrogen) atoms. The van der Waals surface area contributed by atoms with Crippen molar-refractivity contribution >= 4 is 51.3 Å². The molecule has 0 aliphatic heterocycles. The van der Waals surface area contributed by atoms with Crippen LogP contribution in [0.3, 0.4) is 0 Å². The molecule has 3 aromatic carbocycles. The van der Waals surface area contributed by atoms with Crippen LogP contribution in [0.1, 0.15) is 6.92 Å².